The number of rotatable bonds is 0. The highest BCUT2D eigenvalue weighted by Gasteiger charge is 1.98. The van der Waals surface area contributed by atoms with Crippen molar-refractivity contribution in [3.63, 3.8) is 0 Å². The molecule has 1 aliphatic heterocycles. The molecule has 1 rings (SSSR count). The summed E-state index contributed by atoms with van der Waals surface area (Å²) in [6.45, 7) is 0.943. The average Bonchev–Trinajstić information content (AvgIpc) is 1.94. The molecule has 3 heteroatoms. The molecule has 0 amide bonds. The molecule has 0 aromatic rings. The molecule has 0 fully saturated rings. The van der Waals surface area contributed by atoms with Crippen LogP contribution in [0, 0.1) is 0 Å². The SMILES string of the molecule is Cl.ClC1=NCCCCC1. The lowest BCUT2D eigenvalue weighted by Crippen LogP contribution is -1.82. The predicted molar refractivity (Wildman–Crippen MR) is 43.9 cm³/mol. The second kappa shape index (κ2) is 5.07. The van der Waals surface area contributed by atoms with Gasteiger partial charge in [0.15, 0.2) is 0 Å². The van der Waals surface area contributed by atoms with E-state index in [2.05, 4.69) is 4.99 Å². The van der Waals surface area contributed by atoms with Gasteiger partial charge in [-0.15, -0.1) is 12.4 Å². The Kier molecular flexibility index (Phi) is 5.21. The maximum absolute atomic E-state index is 5.67. The third kappa shape index (κ3) is 3.77. The van der Waals surface area contributed by atoms with Crippen LogP contribution in [0.25, 0.3) is 0 Å². The number of hydrogen-bond donors (Lipinski definition) is 0. The van der Waals surface area contributed by atoms with Gasteiger partial charge in [-0.1, -0.05) is 18.0 Å². The van der Waals surface area contributed by atoms with E-state index >= 15 is 0 Å². The molecule has 0 radical (unpaired) electrons. The van der Waals surface area contributed by atoms with Crippen LogP contribution >= 0.6 is 24.0 Å². The van der Waals surface area contributed by atoms with Crippen LogP contribution in [0.5, 0.6) is 0 Å². The first kappa shape index (κ1) is 9.25. The fourth-order valence-corrected chi connectivity index (χ4v) is 1.06. The topological polar surface area (TPSA) is 12.4 Å². The van der Waals surface area contributed by atoms with Gasteiger partial charge in [0.05, 0.1) is 0 Å². The summed E-state index contributed by atoms with van der Waals surface area (Å²) in [6, 6.07) is 0. The fourth-order valence-electron chi connectivity index (χ4n) is 0.839. The lowest BCUT2D eigenvalue weighted by atomic mass is 10.2. The van der Waals surface area contributed by atoms with E-state index in [4.69, 9.17) is 11.6 Å². The van der Waals surface area contributed by atoms with Crippen LogP contribution in [0.4, 0.5) is 0 Å². The van der Waals surface area contributed by atoms with Crippen molar-refractivity contribution in [1.29, 1.82) is 0 Å². The predicted octanol–water partition coefficient (Wildman–Crippen LogP) is 2.62. The van der Waals surface area contributed by atoms with Crippen LogP contribution in [-0.4, -0.2) is 11.7 Å². The molecule has 1 heterocycles. The van der Waals surface area contributed by atoms with Crippen molar-refractivity contribution in [3.8, 4) is 0 Å². The quantitative estimate of drug-likeness (QED) is 0.527. The minimum Gasteiger partial charge on any atom is -0.278 e. The van der Waals surface area contributed by atoms with Crippen molar-refractivity contribution >= 4 is 29.2 Å². The Balaban J connectivity index is 0.000000640. The van der Waals surface area contributed by atoms with Crippen LogP contribution < -0.4 is 0 Å². The molecular formula is C6H11Cl2N. The third-order valence-corrected chi connectivity index (χ3v) is 1.63. The summed E-state index contributed by atoms with van der Waals surface area (Å²) in [5.41, 5.74) is 0. The summed E-state index contributed by atoms with van der Waals surface area (Å²) in [4.78, 5) is 4.11. The third-order valence-electron chi connectivity index (χ3n) is 1.32. The van der Waals surface area contributed by atoms with Crippen LogP contribution in [0.3, 0.4) is 0 Å². The maximum atomic E-state index is 5.67. The van der Waals surface area contributed by atoms with E-state index in [9.17, 15) is 0 Å². The van der Waals surface area contributed by atoms with Crippen molar-refractivity contribution in [1.82, 2.24) is 0 Å². The van der Waals surface area contributed by atoms with E-state index in [1.807, 2.05) is 0 Å². The molecule has 0 saturated carbocycles. The van der Waals surface area contributed by atoms with Crippen molar-refractivity contribution in [2.24, 2.45) is 4.99 Å². The van der Waals surface area contributed by atoms with Gasteiger partial charge in [-0.3, -0.25) is 4.99 Å². The van der Waals surface area contributed by atoms with Gasteiger partial charge in [0.25, 0.3) is 0 Å². The highest BCUT2D eigenvalue weighted by Crippen LogP contribution is 2.08. The Morgan fingerprint density at radius 1 is 1.22 bits per heavy atom. The lowest BCUT2D eigenvalue weighted by Gasteiger charge is -1.87. The van der Waals surface area contributed by atoms with Crippen molar-refractivity contribution in [2.75, 3.05) is 6.54 Å². The lowest BCUT2D eigenvalue weighted by molar-refractivity contribution is 0.731. The number of nitrogens with zero attached hydrogens (tertiary/aromatic N) is 1. The van der Waals surface area contributed by atoms with Gasteiger partial charge in [0, 0.05) is 13.0 Å². The van der Waals surface area contributed by atoms with Crippen molar-refractivity contribution in [3.05, 3.63) is 0 Å². The molecular weight excluding hydrogens is 157 g/mol. The smallest absolute Gasteiger partial charge is 0.100 e. The fraction of sp³-hybridized carbons (Fsp3) is 0.833. The van der Waals surface area contributed by atoms with Gasteiger partial charge >= 0.3 is 0 Å². The molecule has 0 unspecified atom stereocenters. The molecule has 0 spiro atoms. The molecule has 0 aliphatic carbocycles. The van der Waals surface area contributed by atoms with Gasteiger partial charge in [-0.2, -0.15) is 0 Å². The first-order valence-corrected chi connectivity index (χ1v) is 3.46. The van der Waals surface area contributed by atoms with Gasteiger partial charge in [0.1, 0.15) is 5.17 Å². The first-order valence-electron chi connectivity index (χ1n) is 3.08. The Morgan fingerprint density at radius 3 is 2.78 bits per heavy atom. The Morgan fingerprint density at radius 2 is 2.00 bits per heavy atom. The second-order valence-electron chi connectivity index (χ2n) is 2.07. The highest BCUT2D eigenvalue weighted by atomic mass is 35.5. The number of aliphatic imine (C=N–C) groups is 1. The van der Waals surface area contributed by atoms with Crippen LogP contribution in [0.15, 0.2) is 4.99 Å². The van der Waals surface area contributed by atoms with Crippen LogP contribution in [-0.2, 0) is 0 Å². The van der Waals surface area contributed by atoms with Gasteiger partial charge in [0.2, 0.25) is 0 Å². The summed E-state index contributed by atoms with van der Waals surface area (Å²) in [5.74, 6) is 0. The van der Waals surface area contributed by atoms with E-state index in [1.54, 1.807) is 0 Å². The minimum atomic E-state index is 0. The molecule has 9 heavy (non-hydrogen) atoms. The molecule has 0 atom stereocenters. The van der Waals surface area contributed by atoms with Crippen LogP contribution in [0.1, 0.15) is 25.7 Å². The summed E-state index contributed by atoms with van der Waals surface area (Å²) in [7, 11) is 0. The molecule has 0 N–H and O–H groups in total. The number of halogens is 2. The zero-order valence-corrected chi connectivity index (χ0v) is 6.84. The molecule has 1 nitrogen and oxygen atoms in total. The molecule has 0 bridgehead atoms. The zero-order valence-electron chi connectivity index (χ0n) is 5.27. The highest BCUT2D eigenvalue weighted by molar-refractivity contribution is 6.65. The largest absolute Gasteiger partial charge is 0.278 e. The van der Waals surface area contributed by atoms with Crippen molar-refractivity contribution < 1.29 is 0 Å². The average molecular weight is 168 g/mol. The Bertz CT molecular complexity index is 101. The van der Waals surface area contributed by atoms with Crippen molar-refractivity contribution in [2.45, 2.75) is 25.7 Å². The summed E-state index contributed by atoms with van der Waals surface area (Å²) >= 11 is 5.67. The molecule has 54 valence electrons. The normalized spacial score (nSPS) is 19.4. The standard InChI is InChI=1S/C6H10ClN.ClH/c7-6-4-2-1-3-5-8-6;/h1-5H2;1H. The van der Waals surface area contributed by atoms with Gasteiger partial charge in [-0.05, 0) is 12.8 Å². The minimum absolute atomic E-state index is 0. The second-order valence-corrected chi connectivity index (χ2v) is 2.50. The molecule has 0 aromatic carbocycles. The van der Waals surface area contributed by atoms with E-state index in [-0.39, 0.29) is 12.4 Å². The Hall–Kier alpha value is 0.250. The molecule has 1 aliphatic rings. The summed E-state index contributed by atoms with van der Waals surface area (Å²) in [5, 5.41) is 0.822. The van der Waals surface area contributed by atoms with Gasteiger partial charge in [-0.25, -0.2) is 0 Å². The summed E-state index contributed by atoms with van der Waals surface area (Å²) < 4.78 is 0. The van der Waals surface area contributed by atoms with Crippen LogP contribution in [0.2, 0.25) is 0 Å². The van der Waals surface area contributed by atoms with E-state index in [0.29, 0.717) is 0 Å². The summed E-state index contributed by atoms with van der Waals surface area (Å²) in [6.07, 6.45) is 4.74. The zero-order chi connectivity index (χ0) is 5.82. The van der Waals surface area contributed by atoms with E-state index in [0.717, 1.165) is 18.1 Å². The van der Waals surface area contributed by atoms with E-state index in [1.165, 1.54) is 19.3 Å². The monoisotopic (exact) mass is 167 g/mol. The molecule has 0 aromatic heterocycles. The van der Waals surface area contributed by atoms with Gasteiger partial charge < -0.3 is 0 Å². The molecule has 0 saturated heterocycles. The van der Waals surface area contributed by atoms with E-state index < -0.39 is 0 Å². The maximum Gasteiger partial charge on any atom is 0.100 e. The number of hydrogen-bond acceptors (Lipinski definition) is 1. The first-order chi connectivity index (χ1) is 3.89. The Labute approximate surface area is 66.9 Å².